The van der Waals surface area contributed by atoms with Crippen molar-refractivity contribution in [1.82, 2.24) is 15.5 Å². The summed E-state index contributed by atoms with van der Waals surface area (Å²) in [6, 6.07) is 7.26. The molecule has 2 rings (SSSR count). The molecule has 0 aliphatic carbocycles. The van der Waals surface area contributed by atoms with Gasteiger partial charge in [0.25, 0.3) is 11.8 Å². The van der Waals surface area contributed by atoms with Crippen molar-refractivity contribution in [2.75, 3.05) is 13.1 Å². The van der Waals surface area contributed by atoms with Crippen molar-refractivity contribution in [3.05, 3.63) is 35.4 Å². The summed E-state index contributed by atoms with van der Waals surface area (Å²) < 4.78 is 0. The van der Waals surface area contributed by atoms with Crippen LogP contribution in [0.2, 0.25) is 0 Å². The first-order chi connectivity index (χ1) is 12.0. The van der Waals surface area contributed by atoms with E-state index in [0.29, 0.717) is 24.1 Å². The monoisotopic (exact) mass is 342 g/mol. The average Bonchev–Trinajstić information content (AvgIpc) is 2.85. The van der Waals surface area contributed by atoms with E-state index in [1.807, 2.05) is 0 Å². The van der Waals surface area contributed by atoms with Gasteiger partial charge in [-0.3, -0.25) is 24.1 Å². The van der Waals surface area contributed by atoms with Gasteiger partial charge >= 0.3 is 0 Å². The van der Waals surface area contributed by atoms with Gasteiger partial charge in [0.05, 0.1) is 17.2 Å². The van der Waals surface area contributed by atoms with E-state index in [1.54, 1.807) is 30.3 Å². The first-order valence-electron chi connectivity index (χ1n) is 7.85. The minimum atomic E-state index is -0.930. The highest BCUT2D eigenvalue weighted by molar-refractivity contribution is 6.22. The summed E-state index contributed by atoms with van der Waals surface area (Å²) >= 11 is 0. The number of carbonyl (C=O) groups is 4. The van der Waals surface area contributed by atoms with Crippen LogP contribution in [0.25, 0.3) is 0 Å². The van der Waals surface area contributed by atoms with Crippen LogP contribution in [0.4, 0.5) is 0 Å². The van der Waals surface area contributed by atoms with Gasteiger partial charge in [-0.15, -0.1) is 0 Å². The molecule has 0 aromatic heterocycles. The standard InChI is InChI=1S/C17H18N4O4/c1-11(15(23)20-10-4-9-19-14(22)7-8-18)21-16(24)12-5-2-3-6-13(12)17(21)25/h2-3,5-6,11H,4,7,9-10H2,1H3,(H,19,22)(H,20,23). The molecule has 0 saturated heterocycles. The maximum absolute atomic E-state index is 12.3. The third-order valence-corrected chi connectivity index (χ3v) is 3.81. The molecule has 130 valence electrons. The van der Waals surface area contributed by atoms with E-state index >= 15 is 0 Å². The molecule has 8 heteroatoms. The maximum atomic E-state index is 12.3. The van der Waals surface area contributed by atoms with Crippen LogP contribution in [-0.2, 0) is 9.59 Å². The number of carbonyl (C=O) groups excluding carboxylic acids is 4. The van der Waals surface area contributed by atoms with Crippen LogP contribution >= 0.6 is 0 Å². The van der Waals surface area contributed by atoms with Crippen molar-refractivity contribution in [1.29, 1.82) is 5.26 Å². The molecule has 1 atom stereocenters. The Bertz CT molecular complexity index is 718. The SMILES string of the molecule is CC(C(=O)NCCCNC(=O)CC#N)N1C(=O)c2ccccc2C1=O. The minimum absolute atomic E-state index is 0.205. The molecule has 25 heavy (non-hydrogen) atoms. The number of amides is 4. The van der Waals surface area contributed by atoms with Gasteiger partial charge in [-0.25, -0.2) is 0 Å². The average molecular weight is 342 g/mol. The Labute approximate surface area is 144 Å². The van der Waals surface area contributed by atoms with E-state index in [9.17, 15) is 19.2 Å². The largest absolute Gasteiger partial charge is 0.355 e. The number of nitriles is 1. The maximum Gasteiger partial charge on any atom is 0.262 e. The molecule has 0 spiro atoms. The summed E-state index contributed by atoms with van der Waals surface area (Å²) in [6.45, 7) is 2.09. The number of hydrogen-bond donors (Lipinski definition) is 2. The highest BCUT2D eigenvalue weighted by atomic mass is 16.2. The summed E-state index contributed by atoms with van der Waals surface area (Å²) in [5, 5.41) is 13.5. The van der Waals surface area contributed by atoms with Crippen LogP contribution in [0.5, 0.6) is 0 Å². The molecule has 1 aromatic rings. The quantitative estimate of drug-likeness (QED) is 0.542. The molecule has 1 aliphatic heterocycles. The molecule has 1 unspecified atom stereocenters. The molecule has 1 aromatic carbocycles. The van der Waals surface area contributed by atoms with E-state index < -0.39 is 23.8 Å². The Balaban J connectivity index is 1.83. The van der Waals surface area contributed by atoms with Gasteiger partial charge < -0.3 is 10.6 Å². The minimum Gasteiger partial charge on any atom is -0.355 e. The Hall–Kier alpha value is -3.21. The lowest BCUT2D eigenvalue weighted by Crippen LogP contribution is -2.48. The van der Waals surface area contributed by atoms with Crippen molar-refractivity contribution >= 4 is 23.6 Å². The molecule has 4 amide bonds. The second-order valence-corrected chi connectivity index (χ2v) is 5.53. The third-order valence-electron chi connectivity index (χ3n) is 3.81. The summed E-state index contributed by atoms with van der Waals surface area (Å²) in [7, 11) is 0. The molecule has 0 saturated carbocycles. The van der Waals surface area contributed by atoms with Crippen LogP contribution in [0.1, 0.15) is 40.5 Å². The zero-order chi connectivity index (χ0) is 18.4. The molecule has 0 bridgehead atoms. The van der Waals surface area contributed by atoms with E-state index in [-0.39, 0.29) is 18.9 Å². The first kappa shape index (κ1) is 18.1. The Morgan fingerprint density at radius 2 is 1.68 bits per heavy atom. The van der Waals surface area contributed by atoms with Crippen molar-refractivity contribution in [2.24, 2.45) is 0 Å². The van der Waals surface area contributed by atoms with Gasteiger partial charge in [-0.05, 0) is 25.5 Å². The fourth-order valence-corrected chi connectivity index (χ4v) is 2.49. The molecule has 0 fully saturated rings. The summed E-state index contributed by atoms with van der Waals surface area (Å²) in [4.78, 5) is 48.9. The first-order valence-corrected chi connectivity index (χ1v) is 7.85. The van der Waals surface area contributed by atoms with Gasteiger partial charge in [0.15, 0.2) is 0 Å². The third kappa shape index (κ3) is 4.01. The molecular weight excluding hydrogens is 324 g/mol. The highest BCUT2D eigenvalue weighted by Crippen LogP contribution is 2.24. The molecule has 1 aliphatic rings. The van der Waals surface area contributed by atoms with Gasteiger partial charge in [0.2, 0.25) is 11.8 Å². The Morgan fingerprint density at radius 1 is 1.12 bits per heavy atom. The second kappa shape index (κ2) is 8.06. The lowest BCUT2D eigenvalue weighted by atomic mass is 10.1. The normalized spacial score (nSPS) is 13.8. The molecule has 8 nitrogen and oxygen atoms in total. The fraction of sp³-hybridized carbons (Fsp3) is 0.353. The number of hydrogen-bond acceptors (Lipinski definition) is 5. The van der Waals surface area contributed by atoms with E-state index in [4.69, 9.17) is 5.26 Å². The summed E-state index contributed by atoms with van der Waals surface area (Å²) in [5.74, 6) is -1.77. The highest BCUT2D eigenvalue weighted by Gasteiger charge is 2.40. The second-order valence-electron chi connectivity index (χ2n) is 5.53. The van der Waals surface area contributed by atoms with Crippen molar-refractivity contribution < 1.29 is 19.2 Å². The van der Waals surface area contributed by atoms with Gasteiger partial charge in [0, 0.05) is 13.1 Å². The van der Waals surface area contributed by atoms with Crippen molar-refractivity contribution in [3.8, 4) is 6.07 Å². The lowest BCUT2D eigenvalue weighted by molar-refractivity contribution is -0.124. The predicted molar refractivity (Wildman–Crippen MR) is 87.3 cm³/mol. The van der Waals surface area contributed by atoms with Crippen LogP contribution in [0, 0.1) is 11.3 Å². The van der Waals surface area contributed by atoms with Crippen molar-refractivity contribution in [3.63, 3.8) is 0 Å². The van der Waals surface area contributed by atoms with Crippen LogP contribution in [-0.4, -0.2) is 47.7 Å². The Morgan fingerprint density at radius 3 is 2.24 bits per heavy atom. The van der Waals surface area contributed by atoms with Gasteiger partial charge in [0.1, 0.15) is 12.5 Å². The zero-order valence-corrected chi connectivity index (χ0v) is 13.7. The summed E-state index contributed by atoms with van der Waals surface area (Å²) in [6.07, 6.45) is 0.265. The van der Waals surface area contributed by atoms with E-state index in [2.05, 4.69) is 10.6 Å². The zero-order valence-electron chi connectivity index (χ0n) is 13.7. The number of benzene rings is 1. The number of rotatable bonds is 7. The molecule has 2 N–H and O–H groups in total. The number of nitrogens with one attached hydrogen (secondary N) is 2. The van der Waals surface area contributed by atoms with Crippen molar-refractivity contribution in [2.45, 2.75) is 25.8 Å². The van der Waals surface area contributed by atoms with E-state index in [1.165, 1.54) is 6.92 Å². The fourth-order valence-electron chi connectivity index (χ4n) is 2.49. The molecule has 0 radical (unpaired) electrons. The Kier molecular flexibility index (Phi) is 5.84. The predicted octanol–water partition coefficient (Wildman–Crippen LogP) is 0.207. The van der Waals surface area contributed by atoms with Gasteiger partial charge in [-0.1, -0.05) is 12.1 Å². The molecular formula is C17H18N4O4. The number of fused-ring (bicyclic) bond motifs is 1. The lowest BCUT2D eigenvalue weighted by Gasteiger charge is -2.21. The van der Waals surface area contributed by atoms with Crippen LogP contribution in [0.15, 0.2) is 24.3 Å². The number of nitrogens with zero attached hydrogens (tertiary/aromatic N) is 2. The summed E-state index contributed by atoms with van der Waals surface area (Å²) in [5.41, 5.74) is 0.597. The van der Waals surface area contributed by atoms with Crippen LogP contribution in [0.3, 0.4) is 0 Å². The smallest absolute Gasteiger partial charge is 0.262 e. The topological polar surface area (TPSA) is 119 Å². The van der Waals surface area contributed by atoms with Gasteiger partial charge in [-0.2, -0.15) is 5.26 Å². The number of imide groups is 1. The van der Waals surface area contributed by atoms with Crippen LogP contribution < -0.4 is 10.6 Å². The molecule has 1 heterocycles. The van der Waals surface area contributed by atoms with E-state index in [0.717, 1.165) is 4.90 Å².